The zero-order chi connectivity index (χ0) is 23.8. The van der Waals surface area contributed by atoms with Crippen LogP contribution in [0.5, 0.6) is 11.5 Å². The SMILES string of the molecule is CCC(Oc1ccc(C)cc1C)C(=O)NCCOc1ccc(S(=O)(=O)N2CCOCC2)cc1. The molecule has 1 aliphatic heterocycles. The highest BCUT2D eigenvalue weighted by atomic mass is 32.2. The lowest BCUT2D eigenvalue weighted by atomic mass is 10.1. The molecule has 1 heterocycles. The molecule has 0 spiro atoms. The van der Waals surface area contributed by atoms with E-state index in [0.29, 0.717) is 50.8 Å². The van der Waals surface area contributed by atoms with Crippen molar-refractivity contribution in [3.05, 3.63) is 53.6 Å². The van der Waals surface area contributed by atoms with E-state index in [9.17, 15) is 13.2 Å². The summed E-state index contributed by atoms with van der Waals surface area (Å²) in [4.78, 5) is 12.7. The van der Waals surface area contributed by atoms with Gasteiger partial charge in [-0.3, -0.25) is 4.79 Å². The van der Waals surface area contributed by atoms with Gasteiger partial charge in [-0.2, -0.15) is 4.31 Å². The van der Waals surface area contributed by atoms with Crippen molar-refractivity contribution in [3.63, 3.8) is 0 Å². The number of carbonyl (C=O) groups excluding carboxylic acids is 1. The van der Waals surface area contributed by atoms with E-state index in [4.69, 9.17) is 14.2 Å². The van der Waals surface area contributed by atoms with Crippen molar-refractivity contribution in [1.82, 2.24) is 9.62 Å². The van der Waals surface area contributed by atoms with Gasteiger partial charge in [0.1, 0.15) is 18.1 Å². The maximum absolute atomic E-state index is 12.7. The Morgan fingerprint density at radius 2 is 1.82 bits per heavy atom. The van der Waals surface area contributed by atoms with Crippen molar-refractivity contribution >= 4 is 15.9 Å². The molecule has 8 nitrogen and oxygen atoms in total. The van der Waals surface area contributed by atoms with E-state index in [-0.39, 0.29) is 17.4 Å². The van der Waals surface area contributed by atoms with Gasteiger partial charge >= 0.3 is 0 Å². The number of hydrogen-bond acceptors (Lipinski definition) is 6. The third kappa shape index (κ3) is 6.69. The largest absolute Gasteiger partial charge is 0.492 e. The van der Waals surface area contributed by atoms with Crippen LogP contribution in [0, 0.1) is 13.8 Å². The molecule has 180 valence electrons. The van der Waals surface area contributed by atoms with E-state index in [0.717, 1.165) is 11.1 Å². The van der Waals surface area contributed by atoms with Crippen LogP contribution in [0.4, 0.5) is 0 Å². The second kappa shape index (κ2) is 11.5. The highest BCUT2D eigenvalue weighted by Gasteiger charge is 2.26. The molecule has 0 aromatic heterocycles. The Hall–Kier alpha value is -2.62. The van der Waals surface area contributed by atoms with Gasteiger partial charge in [-0.15, -0.1) is 0 Å². The van der Waals surface area contributed by atoms with Crippen LogP contribution in [-0.4, -0.2) is 64.2 Å². The van der Waals surface area contributed by atoms with Crippen LogP contribution in [0.15, 0.2) is 47.4 Å². The van der Waals surface area contributed by atoms with Crippen molar-refractivity contribution in [2.75, 3.05) is 39.5 Å². The predicted octanol–water partition coefficient (Wildman–Crippen LogP) is 2.68. The van der Waals surface area contributed by atoms with Crippen molar-refractivity contribution < 1.29 is 27.4 Å². The first kappa shape index (κ1) is 25.0. The molecular formula is C24H32N2O6S. The summed E-state index contributed by atoms with van der Waals surface area (Å²) in [6, 6.07) is 12.2. The summed E-state index contributed by atoms with van der Waals surface area (Å²) in [7, 11) is -3.53. The molecule has 2 aromatic rings. The average Bonchev–Trinajstić information content (AvgIpc) is 2.82. The molecule has 1 N–H and O–H groups in total. The molecule has 3 rings (SSSR count). The van der Waals surface area contributed by atoms with Crippen LogP contribution in [0.1, 0.15) is 24.5 Å². The summed E-state index contributed by atoms with van der Waals surface area (Å²) in [5, 5.41) is 2.83. The van der Waals surface area contributed by atoms with Gasteiger partial charge in [0.15, 0.2) is 6.10 Å². The molecule has 0 bridgehead atoms. The molecule has 0 saturated carbocycles. The minimum Gasteiger partial charge on any atom is -0.492 e. The van der Waals surface area contributed by atoms with Gasteiger partial charge in [-0.25, -0.2) is 8.42 Å². The van der Waals surface area contributed by atoms with Gasteiger partial charge in [0, 0.05) is 13.1 Å². The Morgan fingerprint density at radius 1 is 1.12 bits per heavy atom. The number of rotatable bonds is 10. The second-order valence-electron chi connectivity index (χ2n) is 7.91. The normalized spacial score (nSPS) is 15.6. The van der Waals surface area contributed by atoms with E-state index in [1.54, 1.807) is 12.1 Å². The van der Waals surface area contributed by atoms with Crippen LogP contribution in [0.25, 0.3) is 0 Å². The number of aryl methyl sites for hydroxylation is 2. The van der Waals surface area contributed by atoms with Crippen molar-refractivity contribution in [2.45, 2.75) is 38.2 Å². The molecule has 1 fully saturated rings. The van der Waals surface area contributed by atoms with Gasteiger partial charge in [0.2, 0.25) is 10.0 Å². The minimum atomic E-state index is -3.53. The number of amides is 1. The van der Waals surface area contributed by atoms with Crippen molar-refractivity contribution in [2.24, 2.45) is 0 Å². The lowest BCUT2D eigenvalue weighted by Crippen LogP contribution is -2.40. The topological polar surface area (TPSA) is 94.2 Å². The quantitative estimate of drug-likeness (QED) is 0.530. The smallest absolute Gasteiger partial charge is 0.261 e. The lowest BCUT2D eigenvalue weighted by molar-refractivity contribution is -0.128. The summed E-state index contributed by atoms with van der Waals surface area (Å²) >= 11 is 0. The molecule has 0 aliphatic carbocycles. The number of nitrogens with zero attached hydrogens (tertiary/aromatic N) is 1. The summed E-state index contributed by atoms with van der Waals surface area (Å²) in [6.07, 6.45) is -0.0462. The molecule has 2 aromatic carbocycles. The summed E-state index contributed by atoms with van der Waals surface area (Å²) in [5.74, 6) is 1.03. The molecule has 1 saturated heterocycles. The lowest BCUT2D eigenvalue weighted by Gasteiger charge is -2.26. The van der Waals surface area contributed by atoms with Crippen LogP contribution >= 0.6 is 0 Å². The first-order chi connectivity index (χ1) is 15.8. The molecule has 1 atom stereocenters. The molecule has 0 radical (unpaired) electrons. The number of sulfonamides is 1. The number of hydrogen-bond donors (Lipinski definition) is 1. The Kier molecular flexibility index (Phi) is 8.71. The third-order valence-corrected chi connectivity index (χ3v) is 7.28. The Labute approximate surface area is 195 Å². The zero-order valence-corrected chi connectivity index (χ0v) is 20.2. The third-order valence-electron chi connectivity index (χ3n) is 5.36. The Balaban J connectivity index is 1.46. The van der Waals surface area contributed by atoms with Gasteiger partial charge in [-0.1, -0.05) is 24.6 Å². The summed E-state index contributed by atoms with van der Waals surface area (Å²) < 4.78 is 43.5. The van der Waals surface area contributed by atoms with E-state index in [1.807, 2.05) is 39.0 Å². The standard InChI is InChI=1S/C24H32N2O6S/c1-4-22(32-23-10-5-18(2)17-19(23)3)24(27)25-11-14-31-20-6-8-21(9-7-20)33(28,29)26-12-15-30-16-13-26/h5-10,17,22H,4,11-16H2,1-3H3,(H,25,27). The second-order valence-corrected chi connectivity index (χ2v) is 9.85. The fourth-order valence-electron chi connectivity index (χ4n) is 3.51. The highest BCUT2D eigenvalue weighted by molar-refractivity contribution is 7.89. The molecule has 1 amide bonds. The number of ether oxygens (including phenoxy) is 3. The molecular weight excluding hydrogens is 444 g/mol. The van der Waals surface area contributed by atoms with Crippen LogP contribution in [0.3, 0.4) is 0 Å². The summed E-state index contributed by atoms with van der Waals surface area (Å²) in [6.45, 7) is 7.94. The minimum absolute atomic E-state index is 0.201. The van der Waals surface area contributed by atoms with Crippen LogP contribution < -0.4 is 14.8 Å². The number of morpholine rings is 1. The number of carbonyl (C=O) groups is 1. The monoisotopic (exact) mass is 476 g/mol. The first-order valence-corrected chi connectivity index (χ1v) is 12.6. The van der Waals surface area contributed by atoms with E-state index < -0.39 is 16.1 Å². The number of benzene rings is 2. The van der Waals surface area contributed by atoms with Gasteiger partial charge < -0.3 is 19.5 Å². The van der Waals surface area contributed by atoms with Crippen molar-refractivity contribution in [1.29, 1.82) is 0 Å². The van der Waals surface area contributed by atoms with Crippen LogP contribution in [0.2, 0.25) is 0 Å². The summed E-state index contributed by atoms with van der Waals surface area (Å²) in [5.41, 5.74) is 2.13. The predicted molar refractivity (Wildman–Crippen MR) is 125 cm³/mol. The molecule has 33 heavy (non-hydrogen) atoms. The highest BCUT2D eigenvalue weighted by Crippen LogP contribution is 2.22. The van der Waals surface area contributed by atoms with Gasteiger partial charge in [-0.05, 0) is 56.2 Å². The van der Waals surface area contributed by atoms with E-state index in [2.05, 4.69) is 5.32 Å². The zero-order valence-electron chi connectivity index (χ0n) is 19.4. The van der Waals surface area contributed by atoms with E-state index in [1.165, 1.54) is 16.4 Å². The van der Waals surface area contributed by atoms with Crippen LogP contribution in [-0.2, 0) is 19.6 Å². The fraction of sp³-hybridized carbons (Fsp3) is 0.458. The average molecular weight is 477 g/mol. The fourth-order valence-corrected chi connectivity index (χ4v) is 4.92. The van der Waals surface area contributed by atoms with Crippen molar-refractivity contribution in [3.8, 4) is 11.5 Å². The van der Waals surface area contributed by atoms with E-state index >= 15 is 0 Å². The van der Waals surface area contributed by atoms with Gasteiger partial charge in [0.25, 0.3) is 5.91 Å². The number of nitrogens with one attached hydrogen (secondary N) is 1. The molecule has 1 aliphatic rings. The molecule has 1 unspecified atom stereocenters. The van der Waals surface area contributed by atoms with Gasteiger partial charge in [0.05, 0.1) is 24.7 Å². The Bertz CT molecular complexity index is 1030. The maximum atomic E-state index is 12.7. The molecule has 9 heteroatoms. The first-order valence-electron chi connectivity index (χ1n) is 11.1. The maximum Gasteiger partial charge on any atom is 0.261 e. The Morgan fingerprint density at radius 3 is 2.45 bits per heavy atom.